The standard InChI is InChI=1S/C12H14FN3/c1-9-8-16(5-4-15-9)12-3-2-10(7-14)6-11(12)13/h2-3,6,9,15H,4-5,8H2,1H3/t9-/m1/s1. The van der Waals surface area contributed by atoms with Gasteiger partial charge in [-0.2, -0.15) is 5.26 Å². The Bertz CT molecular complexity index is 425. The van der Waals surface area contributed by atoms with Crippen molar-refractivity contribution < 1.29 is 4.39 Å². The van der Waals surface area contributed by atoms with Crippen molar-refractivity contribution in [1.82, 2.24) is 5.32 Å². The van der Waals surface area contributed by atoms with E-state index in [0.29, 0.717) is 17.3 Å². The minimum absolute atomic E-state index is 0.312. The molecule has 16 heavy (non-hydrogen) atoms. The molecule has 1 saturated heterocycles. The molecule has 0 unspecified atom stereocenters. The van der Waals surface area contributed by atoms with E-state index in [1.54, 1.807) is 12.1 Å². The van der Waals surface area contributed by atoms with Crippen LogP contribution in [0.5, 0.6) is 0 Å². The number of hydrogen-bond acceptors (Lipinski definition) is 3. The van der Waals surface area contributed by atoms with Gasteiger partial charge in [0.05, 0.1) is 17.3 Å². The van der Waals surface area contributed by atoms with E-state index in [4.69, 9.17) is 5.26 Å². The lowest BCUT2D eigenvalue weighted by atomic mass is 10.1. The van der Waals surface area contributed by atoms with Crippen molar-refractivity contribution in [1.29, 1.82) is 5.26 Å². The predicted molar refractivity (Wildman–Crippen MR) is 60.8 cm³/mol. The smallest absolute Gasteiger partial charge is 0.147 e. The summed E-state index contributed by atoms with van der Waals surface area (Å²) in [5.41, 5.74) is 0.955. The van der Waals surface area contributed by atoms with Gasteiger partial charge in [-0.25, -0.2) is 4.39 Å². The number of nitrogens with zero attached hydrogens (tertiary/aromatic N) is 2. The molecule has 1 heterocycles. The number of halogens is 1. The number of nitriles is 1. The van der Waals surface area contributed by atoms with Gasteiger partial charge in [-0.15, -0.1) is 0 Å². The van der Waals surface area contributed by atoms with E-state index in [2.05, 4.69) is 12.2 Å². The highest BCUT2D eigenvalue weighted by Gasteiger charge is 2.18. The molecular formula is C12H14FN3. The fourth-order valence-electron chi connectivity index (χ4n) is 1.98. The van der Waals surface area contributed by atoms with Crippen LogP contribution in [0.1, 0.15) is 12.5 Å². The van der Waals surface area contributed by atoms with Gasteiger partial charge in [0.2, 0.25) is 0 Å². The van der Waals surface area contributed by atoms with Crippen molar-refractivity contribution >= 4 is 5.69 Å². The third-order valence-corrected chi connectivity index (χ3v) is 2.79. The molecule has 1 fully saturated rings. The van der Waals surface area contributed by atoms with Crippen LogP contribution >= 0.6 is 0 Å². The Morgan fingerprint density at radius 2 is 2.38 bits per heavy atom. The summed E-state index contributed by atoms with van der Waals surface area (Å²) in [4.78, 5) is 2.01. The zero-order valence-electron chi connectivity index (χ0n) is 9.20. The van der Waals surface area contributed by atoms with E-state index in [1.165, 1.54) is 6.07 Å². The highest BCUT2D eigenvalue weighted by Crippen LogP contribution is 2.21. The molecule has 2 rings (SSSR count). The first-order chi connectivity index (χ1) is 7.70. The third kappa shape index (κ3) is 2.15. The van der Waals surface area contributed by atoms with Gasteiger partial charge >= 0.3 is 0 Å². The minimum Gasteiger partial charge on any atom is -0.366 e. The summed E-state index contributed by atoms with van der Waals surface area (Å²) in [5, 5.41) is 12.0. The molecule has 3 nitrogen and oxygen atoms in total. The highest BCUT2D eigenvalue weighted by atomic mass is 19.1. The van der Waals surface area contributed by atoms with E-state index in [1.807, 2.05) is 11.0 Å². The maximum absolute atomic E-state index is 13.7. The summed E-state index contributed by atoms with van der Waals surface area (Å²) >= 11 is 0. The Kier molecular flexibility index (Phi) is 3.07. The summed E-state index contributed by atoms with van der Waals surface area (Å²) in [7, 11) is 0. The van der Waals surface area contributed by atoms with Crippen molar-refractivity contribution in [2.24, 2.45) is 0 Å². The Hall–Kier alpha value is -1.60. The van der Waals surface area contributed by atoms with Crippen LogP contribution in [-0.4, -0.2) is 25.7 Å². The lowest BCUT2D eigenvalue weighted by molar-refractivity contribution is 0.478. The summed E-state index contributed by atoms with van der Waals surface area (Å²) in [6, 6.07) is 6.94. The van der Waals surface area contributed by atoms with E-state index in [0.717, 1.165) is 19.6 Å². The van der Waals surface area contributed by atoms with E-state index >= 15 is 0 Å². The normalized spacial score (nSPS) is 20.6. The van der Waals surface area contributed by atoms with Gasteiger partial charge in [0.25, 0.3) is 0 Å². The molecule has 0 aromatic heterocycles. The first kappa shape index (κ1) is 10.9. The zero-order valence-corrected chi connectivity index (χ0v) is 9.20. The maximum Gasteiger partial charge on any atom is 0.147 e. The Balaban J connectivity index is 2.23. The molecule has 0 bridgehead atoms. The zero-order chi connectivity index (χ0) is 11.5. The average Bonchev–Trinajstić information content (AvgIpc) is 2.28. The second kappa shape index (κ2) is 4.50. The number of piperazine rings is 1. The summed E-state index contributed by atoms with van der Waals surface area (Å²) in [6.45, 7) is 4.53. The molecule has 1 N–H and O–H groups in total. The van der Waals surface area contributed by atoms with Crippen molar-refractivity contribution in [3.63, 3.8) is 0 Å². The van der Waals surface area contributed by atoms with Crippen LogP contribution in [-0.2, 0) is 0 Å². The minimum atomic E-state index is -0.312. The van der Waals surface area contributed by atoms with Crippen LogP contribution in [0.2, 0.25) is 0 Å². The maximum atomic E-state index is 13.7. The second-order valence-corrected chi connectivity index (χ2v) is 4.08. The number of rotatable bonds is 1. The van der Waals surface area contributed by atoms with Gasteiger partial charge in [-0.3, -0.25) is 0 Å². The molecule has 0 amide bonds. The molecule has 1 aromatic rings. The van der Waals surface area contributed by atoms with Crippen molar-refractivity contribution in [2.75, 3.05) is 24.5 Å². The number of anilines is 1. The van der Waals surface area contributed by atoms with Gasteiger partial charge < -0.3 is 10.2 Å². The lowest BCUT2D eigenvalue weighted by Crippen LogP contribution is -2.49. The molecule has 0 aliphatic carbocycles. The average molecular weight is 219 g/mol. The second-order valence-electron chi connectivity index (χ2n) is 4.08. The first-order valence-electron chi connectivity index (χ1n) is 5.38. The summed E-state index contributed by atoms with van der Waals surface area (Å²) in [5.74, 6) is -0.312. The van der Waals surface area contributed by atoms with Crippen LogP contribution < -0.4 is 10.2 Å². The van der Waals surface area contributed by atoms with Crippen molar-refractivity contribution in [3.8, 4) is 6.07 Å². The highest BCUT2D eigenvalue weighted by molar-refractivity contribution is 5.51. The fraction of sp³-hybridized carbons (Fsp3) is 0.417. The molecule has 84 valence electrons. The number of hydrogen-bond donors (Lipinski definition) is 1. The van der Waals surface area contributed by atoms with E-state index < -0.39 is 0 Å². The fourth-order valence-corrected chi connectivity index (χ4v) is 1.98. The largest absolute Gasteiger partial charge is 0.366 e. The molecule has 1 atom stereocenters. The Morgan fingerprint density at radius 3 is 3.00 bits per heavy atom. The van der Waals surface area contributed by atoms with Crippen LogP contribution in [0, 0.1) is 17.1 Å². The van der Waals surface area contributed by atoms with E-state index in [9.17, 15) is 4.39 Å². The monoisotopic (exact) mass is 219 g/mol. The lowest BCUT2D eigenvalue weighted by Gasteiger charge is -2.33. The number of nitrogens with one attached hydrogen (secondary N) is 1. The van der Waals surface area contributed by atoms with E-state index in [-0.39, 0.29) is 5.82 Å². The Labute approximate surface area is 94.5 Å². The van der Waals surface area contributed by atoms with Crippen LogP contribution in [0.4, 0.5) is 10.1 Å². The van der Waals surface area contributed by atoms with Crippen LogP contribution in [0.15, 0.2) is 18.2 Å². The van der Waals surface area contributed by atoms with Crippen LogP contribution in [0.25, 0.3) is 0 Å². The molecule has 0 saturated carbocycles. The molecule has 0 spiro atoms. The molecule has 1 aliphatic heterocycles. The summed E-state index contributed by atoms with van der Waals surface area (Å²) < 4.78 is 13.7. The Morgan fingerprint density at radius 1 is 1.56 bits per heavy atom. The summed E-state index contributed by atoms with van der Waals surface area (Å²) in [6.07, 6.45) is 0. The van der Waals surface area contributed by atoms with Gasteiger partial charge in [-0.05, 0) is 25.1 Å². The topological polar surface area (TPSA) is 39.1 Å². The van der Waals surface area contributed by atoms with Crippen LogP contribution in [0.3, 0.4) is 0 Å². The van der Waals surface area contributed by atoms with Gasteiger partial charge in [0, 0.05) is 25.7 Å². The SMILES string of the molecule is C[C@@H]1CN(c2ccc(C#N)cc2F)CCN1. The number of benzene rings is 1. The first-order valence-corrected chi connectivity index (χ1v) is 5.38. The molecule has 4 heteroatoms. The van der Waals surface area contributed by atoms with Crippen molar-refractivity contribution in [3.05, 3.63) is 29.6 Å². The van der Waals surface area contributed by atoms with Gasteiger partial charge in [0.15, 0.2) is 0 Å². The quantitative estimate of drug-likeness (QED) is 0.778. The third-order valence-electron chi connectivity index (χ3n) is 2.79. The molecule has 1 aromatic carbocycles. The van der Waals surface area contributed by atoms with Gasteiger partial charge in [0.1, 0.15) is 5.82 Å². The van der Waals surface area contributed by atoms with Gasteiger partial charge in [-0.1, -0.05) is 0 Å². The predicted octanol–water partition coefficient (Wildman–Crippen LogP) is 1.50. The molecule has 0 radical (unpaired) electrons. The molecular weight excluding hydrogens is 205 g/mol. The molecule has 1 aliphatic rings. The van der Waals surface area contributed by atoms with Crippen molar-refractivity contribution in [2.45, 2.75) is 13.0 Å².